The van der Waals surface area contributed by atoms with Crippen molar-refractivity contribution in [3.05, 3.63) is 29.1 Å². The predicted molar refractivity (Wildman–Crippen MR) is 93.7 cm³/mol. The lowest BCUT2D eigenvalue weighted by atomic mass is 9.97. The third-order valence-corrected chi connectivity index (χ3v) is 3.77. The zero-order valence-corrected chi connectivity index (χ0v) is 15.3. The molecule has 0 N–H and O–H groups in total. The summed E-state index contributed by atoms with van der Waals surface area (Å²) in [5.74, 6) is 0.500. The van der Waals surface area contributed by atoms with Crippen molar-refractivity contribution >= 4 is 19.6 Å². The monoisotopic (exact) mass is 324 g/mol. The SMILES string of the molecule is Cc1cnc(C)c(CC2CCN(C(=O)OC(C)(C)C)C2)c1.S. The van der Waals surface area contributed by atoms with Crippen LogP contribution in [0.15, 0.2) is 12.3 Å². The van der Waals surface area contributed by atoms with Crippen LogP contribution in [-0.4, -0.2) is 34.7 Å². The molecule has 0 aliphatic carbocycles. The molecule has 1 saturated heterocycles. The Morgan fingerprint density at radius 2 is 2.09 bits per heavy atom. The number of aromatic nitrogens is 1. The normalized spacial score (nSPS) is 18.0. The highest BCUT2D eigenvalue weighted by Crippen LogP contribution is 2.24. The highest BCUT2D eigenvalue weighted by molar-refractivity contribution is 7.59. The summed E-state index contributed by atoms with van der Waals surface area (Å²) in [6.07, 6.45) is 3.73. The fourth-order valence-electron chi connectivity index (χ4n) is 2.71. The van der Waals surface area contributed by atoms with Gasteiger partial charge in [-0.1, -0.05) is 6.07 Å². The zero-order valence-electron chi connectivity index (χ0n) is 14.3. The van der Waals surface area contributed by atoms with Gasteiger partial charge in [-0.2, -0.15) is 13.5 Å². The molecular formula is C17H28N2O2S. The summed E-state index contributed by atoms with van der Waals surface area (Å²) in [7, 11) is 0. The lowest BCUT2D eigenvalue weighted by molar-refractivity contribution is 0.0288. The molecule has 0 bridgehead atoms. The van der Waals surface area contributed by atoms with E-state index in [-0.39, 0.29) is 19.6 Å². The molecule has 1 fully saturated rings. The van der Waals surface area contributed by atoms with Gasteiger partial charge in [0.1, 0.15) is 5.60 Å². The maximum atomic E-state index is 12.1. The Bertz CT molecular complexity index is 526. The number of carbonyl (C=O) groups is 1. The van der Waals surface area contributed by atoms with Crippen LogP contribution in [0, 0.1) is 19.8 Å². The van der Waals surface area contributed by atoms with E-state index >= 15 is 0 Å². The largest absolute Gasteiger partial charge is 0.444 e. The lowest BCUT2D eigenvalue weighted by Gasteiger charge is -2.24. The van der Waals surface area contributed by atoms with Crippen molar-refractivity contribution in [1.29, 1.82) is 0 Å². The summed E-state index contributed by atoms with van der Waals surface area (Å²) in [5, 5.41) is 0. The van der Waals surface area contributed by atoms with Gasteiger partial charge >= 0.3 is 6.09 Å². The van der Waals surface area contributed by atoms with Crippen LogP contribution in [0.25, 0.3) is 0 Å². The molecule has 1 aromatic heterocycles. The smallest absolute Gasteiger partial charge is 0.410 e. The van der Waals surface area contributed by atoms with E-state index < -0.39 is 5.60 Å². The van der Waals surface area contributed by atoms with Crippen molar-refractivity contribution in [3.8, 4) is 0 Å². The average molecular weight is 324 g/mol. The van der Waals surface area contributed by atoms with Crippen LogP contribution < -0.4 is 0 Å². The van der Waals surface area contributed by atoms with Crippen LogP contribution in [-0.2, 0) is 11.2 Å². The van der Waals surface area contributed by atoms with E-state index in [2.05, 4.69) is 24.9 Å². The van der Waals surface area contributed by atoms with Crippen LogP contribution in [0.2, 0.25) is 0 Å². The number of amides is 1. The third-order valence-electron chi connectivity index (χ3n) is 3.77. The zero-order chi connectivity index (χ0) is 15.6. The number of carbonyl (C=O) groups excluding carboxylic acids is 1. The number of nitrogens with zero attached hydrogens (tertiary/aromatic N) is 2. The first-order valence-corrected chi connectivity index (χ1v) is 7.64. The van der Waals surface area contributed by atoms with E-state index in [1.54, 1.807) is 0 Å². The average Bonchev–Trinajstić information content (AvgIpc) is 2.80. The van der Waals surface area contributed by atoms with Gasteiger partial charge in [-0.05, 0) is 64.5 Å². The molecule has 1 amide bonds. The first-order chi connectivity index (χ1) is 9.74. The molecular weight excluding hydrogens is 296 g/mol. The Morgan fingerprint density at radius 1 is 1.41 bits per heavy atom. The van der Waals surface area contributed by atoms with Crippen molar-refractivity contribution < 1.29 is 9.53 Å². The van der Waals surface area contributed by atoms with Gasteiger partial charge in [0.15, 0.2) is 0 Å². The molecule has 0 spiro atoms. The second-order valence-corrected chi connectivity index (χ2v) is 7.04. The summed E-state index contributed by atoms with van der Waals surface area (Å²) >= 11 is 0. The van der Waals surface area contributed by atoms with Crippen LogP contribution in [0.1, 0.15) is 44.0 Å². The van der Waals surface area contributed by atoms with Crippen molar-refractivity contribution in [2.75, 3.05) is 13.1 Å². The number of rotatable bonds is 2. The standard InChI is InChI=1S/C17H26N2O2.H2S/c1-12-8-15(13(2)18-10-12)9-14-6-7-19(11-14)16(20)21-17(3,4)5;/h8,10,14H,6-7,9,11H2,1-5H3;1H2. The van der Waals surface area contributed by atoms with Crippen molar-refractivity contribution in [2.24, 2.45) is 5.92 Å². The number of aryl methyl sites for hydroxylation is 2. The van der Waals surface area contributed by atoms with Gasteiger partial charge < -0.3 is 9.64 Å². The quantitative estimate of drug-likeness (QED) is 0.834. The minimum Gasteiger partial charge on any atom is -0.444 e. The summed E-state index contributed by atoms with van der Waals surface area (Å²) in [5.41, 5.74) is 3.16. The highest BCUT2D eigenvalue weighted by Gasteiger charge is 2.30. The molecule has 124 valence electrons. The number of likely N-dealkylation sites (tertiary alicyclic amines) is 1. The van der Waals surface area contributed by atoms with E-state index in [9.17, 15) is 4.79 Å². The molecule has 2 rings (SSSR count). The minimum atomic E-state index is -0.424. The molecule has 2 heterocycles. The molecule has 1 atom stereocenters. The first kappa shape index (κ1) is 18.8. The third kappa shape index (κ3) is 5.20. The molecule has 1 aromatic rings. The molecule has 1 aliphatic rings. The van der Waals surface area contributed by atoms with Gasteiger partial charge in [-0.25, -0.2) is 4.79 Å². The first-order valence-electron chi connectivity index (χ1n) is 7.64. The molecule has 5 heteroatoms. The Labute approximate surface area is 140 Å². The van der Waals surface area contributed by atoms with Gasteiger partial charge in [0, 0.05) is 25.0 Å². The fraction of sp³-hybridized carbons (Fsp3) is 0.647. The van der Waals surface area contributed by atoms with E-state index in [1.165, 1.54) is 11.1 Å². The van der Waals surface area contributed by atoms with Gasteiger partial charge in [0.2, 0.25) is 0 Å². The highest BCUT2D eigenvalue weighted by atomic mass is 32.1. The van der Waals surface area contributed by atoms with E-state index in [1.807, 2.05) is 31.9 Å². The summed E-state index contributed by atoms with van der Waals surface area (Å²) in [6, 6.07) is 2.21. The Morgan fingerprint density at radius 3 is 2.73 bits per heavy atom. The number of pyridine rings is 1. The molecule has 1 aliphatic heterocycles. The minimum absolute atomic E-state index is 0. The van der Waals surface area contributed by atoms with Gasteiger partial charge in [-0.3, -0.25) is 4.98 Å². The summed E-state index contributed by atoms with van der Waals surface area (Å²) in [6.45, 7) is 11.4. The molecule has 1 unspecified atom stereocenters. The summed E-state index contributed by atoms with van der Waals surface area (Å²) in [4.78, 5) is 18.3. The van der Waals surface area contributed by atoms with Crippen molar-refractivity contribution in [1.82, 2.24) is 9.88 Å². The molecule has 0 saturated carbocycles. The summed E-state index contributed by atoms with van der Waals surface area (Å²) < 4.78 is 5.44. The Hall–Kier alpha value is -1.23. The second kappa shape index (κ2) is 7.36. The van der Waals surface area contributed by atoms with E-state index in [0.29, 0.717) is 5.92 Å². The Balaban J connectivity index is 0.00000242. The number of hydrogen-bond donors (Lipinski definition) is 0. The van der Waals surface area contributed by atoms with E-state index in [0.717, 1.165) is 31.6 Å². The van der Waals surface area contributed by atoms with Crippen LogP contribution in [0.5, 0.6) is 0 Å². The second-order valence-electron chi connectivity index (χ2n) is 7.04. The maximum absolute atomic E-state index is 12.1. The Kier molecular flexibility index (Phi) is 6.29. The molecule has 0 radical (unpaired) electrons. The van der Waals surface area contributed by atoms with Gasteiger partial charge in [-0.15, -0.1) is 0 Å². The lowest BCUT2D eigenvalue weighted by Crippen LogP contribution is -2.35. The molecule has 4 nitrogen and oxygen atoms in total. The molecule has 0 aromatic carbocycles. The topological polar surface area (TPSA) is 42.4 Å². The van der Waals surface area contributed by atoms with Crippen molar-refractivity contribution in [2.45, 2.75) is 53.1 Å². The number of ether oxygens (including phenoxy) is 1. The van der Waals surface area contributed by atoms with Gasteiger partial charge in [0.25, 0.3) is 0 Å². The fourth-order valence-corrected chi connectivity index (χ4v) is 2.71. The van der Waals surface area contributed by atoms with Crippen LogP contribution >= 0.6 is 13.5 Å². The van der Waals surface area contributed by atoms with Crippen LogP contribution in [0.4, 0.5) is 4.79 Å². The van der Waals surface area contributed by atoms with Gasteiger partial charge in [0.05, 0.1) is 0 Å². The number of hydrogen-bond acceptors (Lipinski definition) is 3. The van der Waals surface area contributed by atoms with Crippen molar-refractivity contribution in [3.63, 3.8) is 0 Å². The van der Waals surface area contributed by atoms with Crippen LogP contribution in [0.3, 0.4) is 0 Å². The maximum Gasteiger partial charge on any atom is 0.410 e. The molecule has 22 heavy (non-hydrogen) atoms. The predicted octanol–water partition coefficient (Wildman–Crippen LogP) is 3.61. The van der Waals surface area contributed by atoms with E-state index in [4.69, 9.17) is 4.74 Å².